The summed E-state index contributed by atoms with van der Waals surface area (Å²) in [6.07, 6.45) is -4.12. The molecule has 6 nitrogen and oxygen atoms in total. The second kappa shape index (κ2) is 7.58. The first-order chi connectivity index (χ1) is 12.0. The van der Waals surface area contributed by atoms with Crippen molar-refractivity contribution in [1.82, 2.24) is 10.2 Å². The molecule has 0 aromatic carbocycles. The number of carbonyl (C=O) groups excluding carboxylic acids is 1. The first kappa shape index (κ1) is 20.7. The van der Waals surface area contributed by atoms with E-state index >= 15 is 0 Å². The second-order valence-electron chi connectivity index (χ2n) is 7.08. The van der Waals surface area contributed by atoms with Gasteiger partial charge in [0.25, 0.3) is 5.91 Å². The van der Waals surface area contributed by atoms with E-state index in [-0.39, 0.29) is 37.5 Å². The minimum absolute atomic E-state index is 0.00121. The molecule has 26 heavy (non-hydrogen) atoms. The van der Waals surface area contributed by atoms with Crippen molar-refractivity contribution in [3.8, 4) is 0 Å². The number of nitrogens with one attached hydrogen (secondary N) is 1. The Morgan fingerprint density at radius 1 is 1.50 bits per heavy atom. The number of aliphatic hydroxyl groups excluding tert-OH is 1. The van der Waals surface area contributed by atoms with Crippen LogP contribution in [0, 0.1) is 0 Å². The number of likely N-dealkylation sites (N-methyl/N-ethyl adjacent to an activating group) is 1. The highest BCUT2D eigenvalue weighted by molar-refractivity contribution is 5.97. The van der Waals surface area contributed by atoms with Crippen LogP contribution < -0.4 is 5.32 Å². The molecule has 1 aromatic rings. The molecule has 1 saturated heterocycles. The number of hydrogen-bond acceptors (Lipinski definition) is 5. The number of alkyl halides is 3. The van der Waals surface area contributed by atoms with Crippen molar-refractivity contribution in [2.45, 2.75) is 44.4 Å². The van der Waals surface area contributed by atoms with Crippen molar-refractivity contribution in [2.24, 2.45) is 0 Å². The molecule has 0 bridgehead atoms. The highest BCUT2D eigenvalue weighted by Crippen LogP contribution is 2.37. The van der Waals surface area contributed by atoms with Crippen molar-refractivity contribution in [1.29, 1.82) is 0 Å². The molecule has 0 unspecified atom stereocenters. The lowest BCUT2D eigenvalue weighted by atomic mass is 9.95. The number of morpholine rings is 1. The van der Waals surface area contributed by atoms with Gasteiger partial charge in [0.2, 0.25) is 0 Å². The van der Waals surface area contributed by atoms with E-state index in [2.05, 4.69) is 5.32 Å². The average Bonchev–Trinajstić information content (AvgIpc) is 3.02. The Hall–Kier alpha value is -1.58. The van der Waals surface area contributed by atoms with Crippen LogP contribution in [-0.2, 0) is 10.9 Å². The minimum atomic E-state index is -4.70. The lowest BCUT2D eigenvalue weighted by molar-refractivity contribution is -0.138. The summed E-state index contributed by atoms with van der Waals surface area (Å²) in [6, 6.07) is -0.00121. The van der Waals surface area contributed by atoms with Gasteiger partial charge >= 0.3 is 6.18 Å². The molecule has 148 valence electrons. The maximum absolute atomic E-state index is 13.2. The number of halogens is 3. The largest absolute Gasteiger partial charge is 0.468 e. The quantitative estimate of drug-likeness (QED) is 0.822. The van der Waals surface area contributed by atoms with Crippen LogP contribution in [0.2, 0.25) is 0 Å². The van der Waals surface area contributed by atoms with E-state index in [9.17, 15) is 23.1 Å². The summed E-state index contributed by atoms with van der Waals surface area (Å²) in [5, 5.41) is 12.4. The van der Waals surface area contributed by atoms with E-state index in [1.807, 2.05) is 11.8 Å². The number of amides is 1. The standard InChI is InChI=1S/C17H25F3N2O4/c1-10(2)14-13(12(6-26-14)17(18,19)20)15(24)21-7-16(8-23)9-25-5-11(3)22(16)4/h6,10-11,23H,5,7-9H2,1-4H3,(H,21,24)/t11-,16+/m1/s1. The molecule has 2 N–H and O–H groups in total. The highest BCUT2D eigenvalue weighted by Gasteiger charge is 2.43. The molecule has 9 heteroatoms. The van der Waals surface area contributed by atoms with Crippen molar-refractivity contribution >= 4 is 5.91 Å². The maximum Gasteiger partial charge on any atom is 0.420 e. The molecular formula is C17H25F3N2O4. The Kier molecular flexibility index (Phi) is 6.04. The molecule has 1 fully saturated rings. The predicted octanol–water partition coefficient (Wildman–Crippen LogP) is 2.23. The van der Waals surface area contributed by atoms with Crippen LogP contribution in [0.5, 0.6) is 0 Å². The summed E-state index contributed by atoms with van der Waals surface area (Å²) in [6.45, 7) is 5.49. The third kappa shape index (κ3) is 3.89. The maximum atomic E-state index is 13.2. The summed E-state index contributed by atoms with van der Waals surface area (Å²) in [7, 11) is 1.79. The van der Waals surface area contributed by atoms with Crippen LogP contribution >= 0.6 is 0 Å². The number of furan rings is 1. The van der Waals surface area contributed by atoms with E-state index in [1.54, 1.807) is 20.9 Å². The van der Waals surface area contributed by atoms with Crippen LogP contribution in [0.15, 0.2) is 10.7 Å². The molecule has 0 aliphatic carbocycles. The first-order valence-electron chi connectivity index (χ1n) is 8.42. The molecule has 1 amide bonds. The Morgan fingerprint density at radius 2 is 2.15 bits per heavy atom. The summed E-state index contributed by atoms with van der Waals surface area (Å²) in [4.78, 5) is 14.5. The lowest BCUT2D eigenvalue weighted by Gasteiger charge is -2.47. The Bertz CT molecular complexity index is 644. The number of carbonyl (C=O) groups is 1. The number of rotatable bonds is 5. The highest BCUT2D eigenvalue weighted by atomic mass is 19.4. The van der Waals surface area contributed by atoms with Crippen LogP contribution in [0.4, 0.5) is 13.2 Å². The third-order valence-corrected chi connectivity index (χ3v) is 4.89. The van der Waals surface area contributed by atoms with E-state index in [0.717, 1.165) is 0 Å². The fourth-order valence-corrected chi connectivity index (χ4v) is 3.06. The fraction of sp³-hybridized carbons (Fsp3) is 0.706. The molecule has 1 aliphatic heterocycles. The molecule has 2 heterocycles. The summed E-state index contributed by atoms with van der Waals surface area (Å²) in [5.74, 6) is -1.29. The first-order valence-corrected chi connectivity index (χ1v) is 8.42. The van der Waals surface area contributed by atoms with Gasteiger partial charge in [0, 0.05) is 18.5 Å². The molecule has 0 saturated carbocycles. The van der Waals surface area contributed by atoms with Gasteiger partial charge in [-0.1, -0.05) is 13.8 Å². The topological polar surface area (TPSA) is 74.9 Å². The number of aliphatic hydroxyl groups is 1. The normalized spacial score (nSPS) is 24.9. The van der Waals surface area contributed by atoms with Crippen LogP contribution in [0.25, 0.3) is 0 Å². The Labute approximate surface area is 150 Å². The van der Waals surface area contributed by atoms with E-state index < -0.39 is 28.7 Å². The van der Waals surface area contributed by atoms with Gasteiger partial charge in [0.15, 0.2) is 0 Å². The summed E-state index contributed by atoms with van der Waals surface area (Å²) >= 11 is 0. The number of hydrogen-bond donors (Lipinski definition) is 2. The van der Waals surface area contributed by atoms with Gasteiger partial charge in [-0.2, -0.15) is 13.2 Å². The van der Waals surface area contributed by atoms with Crippen molar-refractivity contribution in [2.75, 3.05) is 33.4 Å². The van der Waals surface area contributed by atoms with Gasteiger partial charge in [-0.05, 0) is 14.0 Å². The van der Waals surface area contributed by atoms with E-state index in [1.165, 1.54) is 0 Å². The second-order valence-corrected chi connectivity index (χ2v) is 7.08. The van der Waals surface area contributed by atoms with Crippen LogP contribution in [0.1, 0.15) is 48.4 Å². The minimum Gasteiger partial charge on any atom is -0.468 e. The summed E-state index contributed by atoms with van der Waals surface area (Å²) in [5.41, 5.74) is -2.50. The van der Waals surface area contributed by atoms with Gasteiger partial charge in [0.05, 0.1) is 30.9 Å². The zero-order chi connectivity index (χ0) is 19.7. The van der Waals surface area contributed by atoms with E-state index in [0.29, 0.717) is 12.9 Å². The monoisotopic (exact) mass is 378 g/mol. The average molecular weight is 378 g/mol. The lowest BCUT2D eigenvalue weighted by Crippen LogP contribution is -2.65. The third-order valence-electron chi connectivity index (χ3n) is 4.89. The smallest absolute Gasteiger partial charge is 0.420 e. The van der Waals surface area contributed by atoms with Gasteiger partial charge in [0.1, 0.15) is 17.6 Å². The van der Waals surface area contributed by atoms with Crippen LogP contribution in [0.3, 0.4) is 0 Å². The SMILES string of the molecule is CC(C)c1occ(C(F)(F)F)c1C(=O)NC[C@]1(CO)COC[C@@H](C)N1C. The molecule has 0 radical (unpaired) electrons. The van der Waals surface area contributed by atoms with Crippen molar-refractivity contribution in [3.05, 3.63) is 23.2 Å². The zero-order valence-electron chi connectivity index (χ0n) is 15.3. The van der Waals surface area contributed by atoms with Crippen molar-refractivity contribution in [3.63, 3.8) is 0 Å². The van der Waals surface area contributed by atoms with Gasteiger partial charge in [-0.3, -0.25) is 9.69 Å². The molecule has 0 spiro atoms. The molecule has 2 atom stereocenters. The molecule has 2 rings (SSSR count). The Balaban J connectivity index is 2.26. The van der Waals surface area contributed by atoms with Gasteiger partial charge in [-0.25, -0.2) is 0 Å². The van der Waals surface area contributed by atoms with Gasteiger partial charge in [-0.15, -0.1) is 0 Å². The van der Waals surface area contributed by atoms with E-state index in [4.69, 9.17) is 9.15 Å². The predicted molar refractivity (Wildman–Crippen MR) is 88.0 cm³/mol. The Morgan fingerprint density at radius 3 is 2.69 bits per heavy atom. The molecule has 1 aliphatic rings. The van der Waals surface area contributed by atoms with Gasteiger partial charge < -0.3 is 19.6 Å². The number of ether oxygens (including phenoxy) is 1. The fourth-order valence-electron chi connectivity index (χ4n) is 3.06. The zero-order valence-corrected chi connectivity index (χ0v) is 15.3. The molecule has 1 aromatic heterocycles. The van der Waals surface area contributed by atoms with Crippen molar-refractivity contribution < 1.29 is 32.2 Å². The van der Waals surface area contributed by atoms with Crippen LogP contribution in [-0.4, -0.2) is 60.9 Å². The molecular weight excluding hydrogens is 353 g/mol. The summed E-state index contributed by atoms with van der Waals surface area (Å²) < 4.78 is 50.2. The number of nitrogens with zero attached hydrogens (tertiary/aromatic N) is 1.